The summed E-state index contributed by atoms with van der Waals surface area (Å²) in [5.74, 6) is 1.38. The van der Waals surface area contributed by atoms with Crippen molar-refractivity contribution >= 4 is 22.4 Å². The van der Waals surface area contributed by atoms with Crippen LogP contribution in [0.4, 0.5) is 10.1 Å². The minimum atomic E-state index is -1.06. The van der Waals surface area contributed by atoms with Crippen LogP contribution in [0.3, 0.4) is 0 Å². The summed E-state index contributed by atoms with van der Waals surface area (Å²) >= 11 is 0. The highest BCUT2D eigenvalue weighted by Crippen LogP contribution is 2.45. The second kappa shape index (κ2) is 9.86. The lowest BCUT2D eigenvalue weighted by atomic mass is 9.75. The van der Waals surface area contributed by atoms with Gasteiger partial charge in [0, 0.05) is 63.9 Å². The predicted molar refractivity (Wildman–Crippen MR) is 141 cm³/mol. The minimum absolute atomic E-state index is 0.116. The number of halogens is 1. The van der Waals surface area contributed by atoms with Crippen LogP contribution in [0.15, 0.2) is 28.7 Å². The number of anilines is 1. The summed E-state index contributed by atoms with van der Waals surface area (Å²) in [6.07, 6.45) is 1.18. The van der Waals surface area contributed by atoms with Gasteiger partial charge in [-0.2, -0.15) is 5.26 Å². The maximum atomic E-state index is 14.6. The molecule has 1 saturated heterocycles. The van der Waals surface area contributed by atoms with Gasteiger partial charge < -0.3 is 14.6 Å². The van der Waals surface area contributed by atoms with E-state index < -0.39 is 28.4 Å². The summed E-state index contributed by atoms with van der Waals surface area (Å²) in [6, 6.07) is 10.3. The summed E-state index contributed by atoms with van der Waals surface area (Å²) < 4.78 is 32.7. The molecule has 5 rings (SSSR count). The van der Waals surface area contributed by atoms with Crippen molar-refractivity contribution in [2.45, 2.75) is 75.9 Å². The third-order valence-electron chi connectivity index (χ3n) is 7.77. The van der Waals surface area contributed by atoms with E-state index in [9.17, 15) is 18.7 Å². The van der Waals surface area contributed by atoms with Crippen molar-refractivity contribution in [2.24, 2.45) is 5.92 Å². The first-order valence-electron chi connectivity index (χ1n) is 13.2. The van der Waals surface area contributed by atoms with Gasteiger partial charge in [0.2, 0.25) is 11.8 Å². The molecule has 2 heterocycles. The van der Waals surface area contributed by atoms with Crippen LogP contribution in [-0.4, -0.2) is 51.4 Å². The number of rotatable bonds is 5. The molecule has 0 spiro atoms. The first-order valence-corrected chi connectivity index (χ1v) is 14.7. The van der Waals surface area contributed by atoms with Crippen LogP contribution in [0.5, 0.6) is 0 Å². The largest absolute Gasteiger partial charge is 0.440 e. The summed E-state index contributed by atoms with van der Waals surface area (Å²) in [5.41, 5.74) is 1.48. The van der Waals surface area contributed by atoms with E-state index in [1.54, 1.807) is 0 Å². The number of alkyl halides is 1. The number of aromatic nitrogens is 1. The van der Waals surface area contributed by atoms with Crippen LogP contribution in [0.25, 0.3) is 11.3 Å². The zero-order valence-electron chi connectivity index (χ0n) is 21.8. The molecule has 1 unspecified atom stereocenters. The monoisotopic (exact) mass is 526 g/mol. The number of carbonyl (C=O) groups excluding carboxylic acids is 1. The summed E-state index contributed by atoms with van der Waals surface area (Å²) in [7, 11) is -0.736. The van der Waals surface area contributed by atoms with Crippen molar-refractivity contribution in [1.29, 1.82) is 5.26 Å². The third kappa shape index (κ3) is 5.45. The van der Waals surface area contributed by atoms with E-state index in [1.807, 2.05) is 45.0 Å². The Morgan fingerprint density at radius 1 is 1.22 bits per heavy atom. The Kier molecular flexibility index (Phi) is 6.90. The fourth-order valence-corrected chi connectivity index (χ4v) is 6.34. The maximum Gasteiger partial charge on any atom is 0.225 e. The molecule has 1 N–H and O–H groups in total. The van der Waals surface area contributed by atoms with E-state index in [-0.39, 0.29) is 23.7 Å². The molecule has 37 heavy (non-hydrogen) atoms. The predicted octanol–water partition coefficient (Wildman–Crippen LogP) is 4.60. The molecule has 7 nitrogen and oxygen atoms in total. The fourth-order valence-electron chi connectivity index (χ4n) is 5.29. The average molecular weight is 527 g/mol. The van der Waals surface area contributed by atoms with Crippen LogP contribution in [0, 0.1) is 17.2 Å². The minimum Gasteiger partial charge on any atom is -0.440 e. The number of nitrogens with one attached hydrogen (secondary N) is 1. The van der Waals surface area contributed by atoms with Gasteiger partial charge >= 0.3 is 0 Å². The molecule has 0 radical (unpaired) electrons. The normalized spacial score (nSPS) is 25.9. The second-order valence-electron chi connectivity index (χ2n) is 11.7. The number of oxazole rings is 1. The van der Waals surface area contributed by atoms with E-state index in [0.717, 1.165) is 24.3 Å². The highest BCUT2D eigenvalue weighted by molar-refractivity contribution is 7.85. The lowest BCUT2D eigenvalue weighted by Crippen LogP contribution is -2.44. The van der Waals surface area contributed by atoms with Gasteiger partial charge in [0.1, 0.15) is 11.7 Å². The van der Waals surface area contributed by atoms with Crippen LogP contribution < -0.4 is 10.2 Å². The van der Waals surface area contributed by atoms with Gasteiger partial charge in [0.15, 0.2) is 5.76 Å². The standard InChI is InChI=1S/C28H35FN4O3S/c1-27(2,3)26-31-23(21-9-6-19(29)16-22(21)25(34)32-28(17-30)10-11-28)24(36-26)18-4-7-20(8-5-18)33-12-14-37(35)15-13-33/h4-5,7-8,19,21-22H,6,9-16H2,1-3H3,(H,32,34)/t19-,21+,22?/m0/s1. The van der Waals surface area contributed by atoms with E-state index in [1.165, 1.54) is 0 Å². The fraction of sp³-hybridized carbons (Fsp3) is 0.607. The molecule has 0 bridgehead atoms. The number of hydrogen-bond acceptors (Lipinski definition) is 6. The van der Waals surface area contributed by atoms with E-state index in [4.69, 9.17) is 9.40 Å². The van der Waals surface area contributed by atoms with Crippen molar-refractivity contribution in [3.63, 3.8) is 0 Å². The molecule has 2 aromatic rings. The summed E-state index contributed by atoms with van der Waals surface area (Å²) in [5, 5.41) is 12.4. The highest BCUT2D eigenvalue weighted by Gasteiger charge is 2.48. The zero-order chi connectivity index (χ0) is 26.4. The molecular formula is C28H35FN4O3S. The molecular weight excluding hydrogens is 491 g/mol. The Bertz CT molecular complexity index is 1220. The zero-order valence-corrected chi connectivity index (χ0v) is 22.6. The van der Waals surface area contributed by atoms with Gasteiger partial charge in [-0.25, -0.2) is 9.37 Å². The topological polar surface area (TPSA) is 99.2 Å². The van der Waals surface area contributed by atoms with Gasteiger partial charge in [-0.05, 0) is 56.4 Å². The lowest BCUT2D eigenvalue weighted by molar-refractivity contribution is -0.128. The third-order valence-corrected chi connectivity index (χ3v) is 9.04. The molecule has 1 aliphatic heterocycles. The van der Waals surface area contributed by atoms with Gasteiger partial charge in [0.05, 0.1) is 11.8 Å². The smallest absolute Gasteiger partial charge is 0.225 e. The Morgan fingerprint density at radius 2 is 1.89 bits per heavy atom. The molecule has 3 atom stereocenters. The van der Waals surface area contributed by atoms with Gasteiger partial charge in [-0.3, -0.25) is 9.00 Å². The number of benzene rings is 1. The maximum absolute atomic E-state index is 14.6. The number of nitriles is 1. The van der Waals surface area contributed by atoms with Crippen molar-refractivity contribution in [3.05, 3.63) is 35.9 Å². The quantitative estimate of drug-likeness (QED) is 0.611. The molecule has 2 saturated carbocycles. The molecule has 1 aromatic heterocycles. The Hall–Kier alpha value is -2.73. The number of hydrogen-bond donors (Lipinski definition) is 1. The number of carbonyl (C=O) groups is 1. The van der Waals surface area contributed by atoms with Gasteiger partial charge in [-0.15, -0.1) is 0 Å². The Labute approximate surface area is 220 Å². The molecule has 198 valence electrons. The van der Waals surface area contributed by atoms with E-state index in [2.05, 4.69) is 16.3 Å². The van der Waals surface area contributed by atoms with Crippen molar-refractivity contribution < 1.29 is 17.8 Å². The SMILES string of the molecule is CC(C)(C)c1nc([C@@H]2CC[C@H](F)CC2C(=O)NC2(C#N)CC2)c(-c2ccc(N3CCS(=O)CC3)cc2)o1. The van der Waals surface area contributed by atoms with E-state index >= 15 is 0 Å². The van der Waals surface area contributed by atoms with Crippen LogP contribution in [0.1, 0.15) is 70.4 Å². The van der Waals surface area contributed by atoms with Crippen LogP contribution in [0.2, 0.25) is 0 Å². The first kappa shape index (κ1) is 25.9. The molecule has 9 heteroatoms. The highest BCUT2D eigenvalue weighted by atomic mass is 32.2. The van der Waals surface area contributed by atoms with Gasteiger partial charge in [-0.1, -0.05) is 20.8 Å². The van der Waals surface area contributed by atoms with Crippen molar-refractivity contribution in [1.82, 2.24) is 10.3 Å². The Morgan fingerprint density at radius 3 is 2.49 bits per heavy atom. The summed E-state index contributed by atoms with van der Waals surface area (Å²) in [4.78, 5) is 20.5. The number of amides is 1. The van der Waals surface area contributed by atoms with Gasteiger partial charge in [0.25, 0.3) is 0 Å². The molecule has 3 aliphatic rings. The molecule has 1 amide bonds. The summed E-state index contributed by atoms with van der Waals surface area (Å²) in [6.45, 7) is 7.62. The van der Waals surface area contributed by atoms with Crippen LogP contribution >= 0.6 is 0 Å². The average Bonchev–Trinajstić information content (AvgIpc) is 3.49. The van der Waals surface area contributed by atoms with Crippen molar-refractivity contribution in [2.75, 3.05) is 29.5 Å². The molecule has 1 aromatic carbocycles. The molecule has 3 fully saturated rings. The second-order valence-corrected chi connectivity index (χ2v) is 13.4. The lowest BCUT2D eigenvalue weighted by Gasteiger charge is -2.32. The first-order chi connectivity index (χ1) is 17.6. The van der Waals surface area contributed by atoms with E-state index in [0.29, 0.717) is 54.5 Å². The van der Waals surface area contributed by atoms with Crippen LogP contribution in [-0.2, 0) is 21.0 Å². The Balaban J connectivity index is 1.48. The van der Waals surface area contributed by atoms with Crippen molar-refractivity contribution in [3.8, 4) is 17.4 Å². The molecule has 2 aliphatic carbocycles. The number of nitrogens with zero attached hydrogens (tertiary/aromatic N) is 3.